The van der Waals surface area contributed by atoms with Crippen LogP contribution in [0.25, 0.3) is 11.1 Å². The highest BCUT2D eigenvalue weighted by Gasteiger charge is 2.14. The summed E-state index contributed by atoms with van der Waals surface area (Å²) in [5.74, 6) is 0.846. The van der Waals surface area contributed by atoms with Gasteiger partial charge in [-0.1, -0.05) is 30.3 Å². The van der Waals surface area contributed by atoms with E-state index in [1.165, 1.54) is 6.07 Å². The molecule has 0 unspecified atom stereocenters. The first kappa shape index (κ1) is 18.8. The number of para-hydroxylation sites is 1. The smallest absolute Gasteiger partial charge is 0.134 e. The van der Waals surface area contributed by atoms with Crippen LogP contribution in [0.1, 0.15) is 16.7 Å². The number of methoxy groups -OCH3 is 1. The van der Waals surface area contributed by atoms with E-state index in [0.717, 1.165) is 27.9 Å². The molecule has 0 aromatic heterocycles. The lowest BCUT2D eigenvalue weighted by molar-refractivity contribution is 0.302. The maximum atomic E-state index is 14.8. The Labute approximate surface area is 159 Å². The molecule has 0 heterocycles. The number of ether oxygens (including phenoxy) is 2. The van der Waals surface area contributed by atoms with Crippen LogP contribution in [0.4, 0.5) is 10.1 Å². The Morgan fingerprint density at radius 1 is 0.889 bits per heavy atom. The van der Waals surface area contributed by atoms with Crippen LogP contribution in [0.5, 0.6) is 11.5 Å². The molecule has 4 heteroatoms. The van der Waals surface area contributed by atoms with Crippen LogP contribution in [0.3, 0.4) is 0 Å². The predicted octanol–water partition coefficient (Wildman–Crippen LogP) is 5.74. The van der Waals surface area contributed by atoms with Gasteiger partial charge in [0.05, 0.1) is 7.11 Å². The molecule has 0 radical (unpaired) electrons. The van der Waals surface area contributed by atoms with E-state index in [-0.39, 0.29) is 5.82 Å². The molecule has 0 amide bonds. The Morgan fingerprint density at radius 2 is 1.67 bits per heavy atom. The minimum atomic E-state index is -0.335. The van der Waals surface area contributed by atoms with Crippen molar-refractivity contribution in [2.45, 2.75) is 20.5 Å². The minimum Gasteiger partial charge on any atom is -0.496 e. The first-order valence-electron chi connectivity index (χ1n) is 8.87. The molecule has 3 aromatic carbocycles. The standard InChI is InChI=1S/C23H24FNO2/c1-15-8-7-10-21(25-3)19(15)14-27-23-13-20(24)18(12-16(23)2)17-9-5-6-11-22(17)26-4/h5-13,25H,14H2,1-4H3. The van der Waals surface area contributed by atoms with Gasteiger partial charge in [0.2, 0.25) is 0 Å². The molecule has 140 valence electrons. The lowest BCUT2D eigenvalue weighted by Crippen LogP contribution is -2.04. The second kappa shape index (κ2) is 8.12. The molecular weight excluding hydrogens is 341 g/mol. The van der Waals surface area contributed by atoms with E-state index in [9.17, 15) is 4.39 Å². The summed E-state index contributed by atoms with van der Waals surface area (Å²) in [6.45, 7) is 4.33. The van der Waals surface area contributed by atoms with Gasteiger partial charge in [0, 0.05) is 35.5 Å². The maximum absolute atomic E-state index is 14.8. The van der Waals surface area contributed by atoms with Crippen molar-refractivity contribution in [3.63, 3.8) is 0 Å². The lowest BCUT2D eigenvalue weighted by atomic mass is 10.0. The van der Waals surface area contributed by atoms with Gasteiger partial charge in [-0.3, -0.25) is 0 Å². The number of hydrogen-bond acceptors (Lipinski definition) is 3. The number of nitrogens with one attached hydrogen (secondary N) is 1. The van der Waals surface area contributed by atoms with Crippen molar-refractivity contribution in [2.24, 2.45) is 0 Å². The molecule has 0 saturated carbocycles. The highest BCUT2D eigenvalue weighted by molar-refractivity contribution is 5.72. The van der Waals surface area contributed by atoms with Gasteiger partial charge < -0.3 is 14.8 Å². The number of hydrogen-bond donors (Lipinski definition) is 1. The average Bonchev–Trinajstić information content (AvgIpc) is 2.68. The molecule has 0 spiro atoms. The van der Waals surface area contributed by atoms with E-state index >= 15 is 0 Å². The zero-order chi connectivity index (χ0) is 19.4. The molecule has 0 bridgehead atoms. The van der Waals surface area contributed by atoms with Crippen molar-refractivity contribution in [2.75, 3.05) is 19.5 Å². The molecule has 0 atom stereocenters. The van der Waals surface area contributed by atoms with Crippen LogP contribution in [-0.4, -0.2) is 14.2 Å². The van der Waals surface area contributed by atoms with Gasteiger partial charge in [0.15, 0.2) is 0 Å². The van der Waals surface area contributed by atoms with Crippen molar-refractivity contribution in [3.05, 3.63) is 77.1 Å². The minimum absolute atomic E-state index is 0.335. The van der Waals surface area contributed by atoms with Crippen LogP contribution in [-0.2, 0) is 6.61 Å². The summed E-state index contributed by atoms with van der Waals surface area (Å²) in [4.78, 5) is 0. The SMILES string of the molecule is CNc1cccc(C)c1COc1cc(F)c(-c2ccccc2OC)cc1C. The van der Waals surface area contributed by atoms with E-state index in [2.05, 4.69) is 5.32 Å². The Balaban J connectivity index is 1.90. The van der Waals surface area contributed by atoms with Crippen LogP contribution in [0.15, 0.2) is 54.6 Å². The van der Waals surface area contributed by atoms with Crippen molar-refractivity contribution in [3.8, 4) is 22.6 Å². The maximum Gasteiger partial charge on any atom is 0.134 e. The van der Waals surface area contributed by atoms with Crippen LogP contribution >= 0.6 is 0 Å². The molecule has 3 aromatic rings. The highest BCUT2D eigenvalue weighted by Crippen LogP contribution is 2.35. The third kappa shape index (κ3) is 3.90. The second-order valence-corrected chi connectivity index (χ2v) is 6.44. The summed E-state index contributed by atoms with van der Waals surface area (Å²) in [6, 6.07) is 16.7. The van der Waals surface area contributed by atoms with Crippen LogP contribution < -0.4 is 14.8 Å². The topological polar surface area (TPSA) is 30.5 Å². The summed E-state index contributed by atoms with van der Waals surface area (Å²) in [7, 11) is 3.47. The van der Waals surface area contributed by atoms with Gasteiger partial charge in [0.1, 0.15) is 23.9 Å². The predicted molar refractivity (Wildman–Crippen MR) is 108 cm³/mol. The van der Waals surface area contributed by atoms with Gasteiger partial charge in [-0.2, -0.15) is 0 Å². The normalized spacial score (nSPS) is 10.6. The van der Waals surface area contributed by atoms with Crippen LogP contribution in [0.2, 0.25) is 0 Å². The second-order valence-electron chi connectivity index (χ2n) is 6.44. The molecule has 0 aliphatic rings. The van der Waals surface area contributed by atoms with Gasteiger partial charge in [-0.05, 0) is 43.2 Å². The van der Waals surface area contributed by atoms with E-state index in [0.29, 0.717) is 23.7 Å². The summed E-state index contributed by atoms with van der Waals surface area (Å²) in [5.41, 5.74) is 5.31. The van der Waals surface area contributed by atoms with Crippen LogP contribution in [0, 0.1) is 19.7 Å². The number of aryl methyl sites for hydroxylation is 2. The molecular formula is C23H24FNO2. The van der Waals surface area contributed by atoms with E-state index in [1.807, 2.05) is 63.4 Å². The molecule has 0 fully saturated rings. The van der Waals surface area contributed by atoms with Gasteiger partial charge in [-0.25, -0.2) is 4.39 Å². The molecule has 27 heavy (non-hydrogen) atoms. The Morgan fingerprint density at radius 3 is 2.41 bits per heavy atom. The van der Waals surface area contributed by atoms with Crippen molar-refractivity contribution >= 4 is 5.69 Å². The van der Waals surface area contributed by atoms with Gasteiger partial charge >= 0.3 is 0 Å². The van der Waals surface area contributed by atoms with E-state index in [4.69, 9.17) is 9.47 Å². The summed E-state index contributed by atoms with van der Waals surface area (Å²) < 4.78 is 26.2. The van der Waals surface area contributed by atoms with Crippen molar-refractivity contribution in [1.29, 1.82) is 0 Å². The zero-order valence-electron chi connectivity index (χ0n) is 16.1. The number of anilines is 1. The van der Waals surface area contributed by atoms with E-state index in [1.54, 1.807) is 13.2 Å². The average molecular weight is 365 g/mol. The molecule has 0 saturated heterocycles. The largest absolute Gasteiger partial charge is 0.496 e. The Hall–Kier alpha value is -3.01. The monoisotopic (exact) mass is 365 g/mol. The molecule has 1 N–H and O–H groups in total. The third-order valence-electron chi connectivity index (χ3n) is 4.71. The highest BCUT2D eigenvalue weighted by atomic mass is 19.1. The quantitative estimate of drug-likeness (QED) is 0.604. The Kier molecular flexibility index (Phi) is 5.65. The molecule has 3 nitrogen and oxygen atoms in total. The lowest BCUT2D eigenvalue weighted by Gasteiger charge is -2.16. The fourth-order valence-electron chi connectivity index (χ4n) is 3.17. The van der Waals surface area contributed by atoms with Gasteiger partial charge in [-0.15, -0.1) is 0 Å². The Bertz CT molecular complexity index is 953. The summed E-state index contributed by atoms with van der Waals surface area (Å²) in [6.07, 6.45) is 0. The first-order valence-corrected chi connectivity index (χ1v) is 8.87. The van der Waals surface area contributed by atoms with Crippen molar-refractivity contribution < 1.29 is 13.9 Å². The zero-order valence-corrected chi connectivity index (χ0v) is 16.1. The number of rotatable bonds is 6. The van der Waals surface area contributed by atoms with Gasteiger partial charge in [0.25, 0.3) is 0 Å². The summed E-state index contributed by atoms with van der Waals surface area (Å²) in [5, 5.41) is 3.17. The molecule has 0 aliphatic carbocycles. The fraction of sp³-hybridized carbons (Fsp3) is 0.217. The molecule has 3 rings (SSSR count). The first-order chi connectivity index (χ1) is 13.0. The fourth-order valence-corrected chi connectivity index (χ4v) is 3.17. The summed E-state index contributed by atoms with van der Waals surface area (Å²) >= 11 is 0. The van der Waals surface area contributed by atoms with E-state index < -0.39 is 0 Å². The third-order valence-corrected chi connectivity index (χ3v) is 4.71. The molecule has 0 aliphatic heterocycles. The number of benzene rings is 3. The number of halogens is 1. The van der Waals surface area contributed by atoms with Crippen molar-refractivity contribution in [1.82, 2.24) is 0 Å².